The Kier molecular flexibility index (Phi) is 3.52. The molecule has 0 spiro atoms. The average Bonchev–Trinajstić information content (AvgIpc) is 2.80. The highest BCUT2D eigenvalue weighted by molar-refractivity contribution is 5.76. The fourth-order valence-electron chi connectivity index (χ4n) is 2.45. The summed E-state index contributed by atoms with van der Waals surface area (Å²) in [7, 11) is 0. The van der Waals surface area contributed by atoms with Gasteiger partial charge < -0.3 is 4.98 Å². The van der Waals surface area contributed by atoms with E-state index in [2.05, 4.69) is 4.98 Å². The number of fused-ring (bicyclic) bond motifs is 1. The maximum Gasteiger partial charge on any atom is 0.416 e. The van der Waals surface area contributed by atoms with Crippen molar-refractivity contribution >= 4 is 11.0 Å². The van der Waals surface area contributed by atoms with E-state index in [1.54, 1.807) is 0 Å². The highest BCUT2D eigenvalue weighted by atomic mass is 19.4. The predicted molar refractivity (Wildman–Crippen MR) is 77.7 cm³/mol. The summed E-state index contributed by atoms with van der Waals surface area (Å²) in [5.74, 6) is 0. The third kappa shape index (κ3) is 2.77. The van der Waals surface area contributed by atoms with Crippen LogP contribution in [0.5, 0.6) is 0 Å². The van der Waals surface area contributed by atoms with Crippen LogP contribution >= 0.6 is 0 Å². The molecule has 0 amide bonds. The van der Waals surface area contributed by atoms with E-state index in [1.807, 2.05) is 30.3 Å². The number of H-pyrrole nitrogens is 1. The molecule has 0 fully saturated rings. The summed E-state index contributed by atoms with van der Waals surface area (Å²) in [6.45, 7) is 0.411. The number of rotatable bonds is 3. The van der Waals surface area contributed by atoms with Crippen molar-refractivity contribution in [1.82, 2.24) is 9.55 Å². The van der Waals surface area contributed by atoms with Crippen LogP contribution in [0.3, 0.4) is 0 Å². The molecule has 0 radical (unpaired) electrons. The highest BCUT2D eigenvalue weighted by Gasteiger charge is 2.30. The zero-order valence-corrected chi connectivity index (χ0v) is 11.5. The summed E-state index contributed by atoms with van der Waals surface area (Å²) < 4.78 is 39.5. The molecule has 0 bridgehead atoms. The van der Waals surface area contributed by atoms with Gasteiger partial charge in [-0.15, -0.1) is 0 Å². The van der Waals surface area contributed by atoms with Gasteiger partial charge in [-0.2, -0.15) is 13.2 Å². The van der Waals surface area contributed by atoms with Crippen LogP contribution < -0.4 is 5.69 Å². The van der Waals surface area contributed by atoms with Crippen molar-refractivity contribution in [3.63, 3.8) is 0 Å². The van der Waals surface area contributed by atoms with Crippen LogP contribution in [0.2, 0.25) is 0 Å². The summed E-state index contributed by atoms with van der Waals surface area (Å²) in [5, 5.41) is 0. The van der Waals surface area contributed by atoms with Gasteiger partial charge >= 0.3 is 11.9 Å². The molecular weight excluding hydrogens is 293 g/mol. The van der Waals surface area contributed by atoms with Gasteiger partial charge in [0.05, 0.1) is 16.6 Å². The van der Waals surface area contributed by atoms with Gasteiger partial charge in [-0.05, 0) is 30.2 Å². The van der Waals surface area contributed by atoms with Gasteiger partial charge in [0.2, 0.25) is 0 Å². The molecule has 0 aliphatic heterocycles. The lowest BCUT2D eigenvalue weighted by Crippen LogP contribution is -2.17. The van der Waals surface area contributed by atoms with Crippen LogP contribution in [-0.4, -0.2) is 9.55 Å². The van der Waals surface area contributed by atoms with E-state index in [4.69, 9.17) is 0 Å². The molecule has 1 aromatic heterocycles. The summed E-state index contributed by atoms with van der Waals surface area (Å²) in [4.78, 5) is 14.4. The van der Waals surface area contributed by atoms with E-state index in [0.29, 0.717) is 18.5 Å². The number of hydrogen-bond acceptors (Lipinski definition) is 1. The summed E-state index contributed by atoms with van der Waals surface area (Å²) >= 11 is 0. The molecule has 0 saturated carbocycles. The largest absolute Gasteiger partial charge is 0.416 e. The SMILES string of the molecule is O=c1[nH]c2cc(C(F)(F)F)ccc2n1CCc1ccccc1. The van der Waals surface area contributed by atoms with E-state index in [1.165, 1.54) is 10.6 Å². The molecule has 2 aromatic carbocycles. The molecule has 1 heterocycles. The zero-order chi connectivity index (χ0) is 15.7. The number of benzene rings is 2. The van der Waals surface area contributed by atoms with Crippen LogP contribution in [0.25, 0.3) is 11.0 Å². The van der Waals surface area contributed by atoms with Crippen molar-refractivity contribution in [2.24, 2.45) is 0 Å². The topological polar surface area (TPSA) is 37.8 Å². The number of nitrogens with zero attached hydrogens (tertiary/aromatic N) is 1. The maximum absolute atomic E-state index is 12.7. The van der Waals surface area contributed by atoms with Crippen molar-refractivity contribution in [2.45, 2.75) is 19.1 Å². The quantitative estimate of drug-likeness (QED) is 0.789. The fraction of sp³-hybridized carbons (Fsp3) is 0.188. The van der Waals surface area contributed by atoms with Crippen molar-refractivity contribution in [3.05, 3.63) is 70.1 Å². The molecule has 3 rings (SSSR count). The molecule has 0 aliphatic carbocycles. The summed E-state index contributed by atoms with van der Waals surface area (Å²) in [5.41, 5.74) is 0.583. The maximum atomic E-state index is 12.7. The minimum atomic E-state index is -4.42. The molecule has 0 unspecified atom stereocenters. The summed E-state index contributed by atoms with van der Waals surface area (Å²) in [6, 6.07) is 12.9. The molecule has 1 N–H and O–H groups in total. The highest BCUT2D eigenvalue weighted by Crippen LogP contribution is 2.30. The predicted octanol–water partition coefficient (Wildman–Crippen LogP) is 3.59. The van der Waals surface area contributed by atoms with Crippen molar-refractivity contribution in [1.29, 1.82) is 0 Å². The van der Waals surface area contributed by atoms with Gasteiger partial charge in [-0.25, -0.2) is 4.79 Å². The van der Waals surface area contributed by atoms with Gasteiger partial charge in [0, 0.05) is 6.54 Å². The Hall–Kier alpha value is -2.50. The smallest absolute Gasteiger partial charge is 0.306 e. The second kappa shape index (κ2) is 5.36. The lowest BCUT2D eigenvalue weighted by Gasteiger charge is -2.07. The number of nitrogens with one attached hydrogen (secondary N) is 1. The Morgan fingerprint density at radius 2 is 1.77 bits per heavy atom. The average molecular weight is 306 g/mol. The summed E-state index contributed by atoms with van der Waals surface area (Å²) in [6.07, 6.45) is -3.79. The number of alkyl halides is 3. The van der Waals surface area contributed by atoms with E-state index in [-0.39, 0.29) is 5.52 Å². The molecule has 3 aromatic rings. The number of halogens is 3. The number of aromatic nitrogens is 2. The normalized spacial score (nSPS) is 12.0. The molecule has 0 saturated heterocycles. The van der Waals surface area contributed by atoms with Gasteiger partial charge in [-0.3, -0.25) is 4.57 Å². The Bertz CT molecular complexity index is 847. The lowest BCUT2D eigenvalue weighted by atomic mass is 10.1. The minimum absolute atomic E-state index is 0.202. The van der Waals surface area contributed by atoms with Crippen LogP contribution in [0, 0.1) is 0 Å². The van der Waals surface area contributed by atoms with Gasteiger partial charge in [0.25, 0.3) is 0 Å². The van der Waals surface area contributed by atoms with Crippen LogP contribution in [-0.2, 0) is 19.1 Å². The van der Waals surface area contributed by atoms with Gasteiger partial charge in [0.15, 0.2) is 0 Å². The van der Waals surface area contributed by atoms with E-state index in [0.717, 1.165) is 17.7 Å². The first-order valence-electron chi connectivity index (χ1n) is 6.79. The molecule has 22 heavy (non-hydrogen) atoms. The van der Waals surface area contributed by atoms with Gasteiger partial charge in [0.1, 0.15) is 0 Å². The minimum Gasteiger partial charge on any atom is -0.306 e. The van der Waals surface area contributed by atoms with E-state index >= 15 is 0 Å². The lowest BCUT2D eigenvalue weighted by molar-refractivity contribution is -0.137. The van der Waals surface area contributed by atoms with Crippen LogP contribution in [0.4, 0.5) is 13.2 Å². The number of imidazole rings is 1. The van der Waals surface area contributed by atoms with Gasteiger partial charge in [-0.1, -0.05) is 30.3 Å². The first-order chi connectivity index (χ1) is 10.4. The Morgan fingerprint density at radius 3 is 2.45 bits per heavy atom. The van der Waals surface area contributed by atoms with Crippen molar-refractivity contribution in [3.8, 4) is 0 Å². The number of aromatic amines is 1. The van der Waals surface area contributed by atoms with Crippen LogP contribution in [0.15, 0.2) is 53.3 Å². The molecule has 0 atom stereocenters. The van der Waals surface area contributed by atoms with Crippen LogP contribution in [0.1, 0.15) is 11.1 Å². The molecular formula is C16H13F3N2O. The van der Waals surface area contributed by atoms with Crippen molar-refractivity contribution in [2.75, 3.05) is 0 Å². The standard InChI is InChI=1S/C16H13F3N2O/c17-16(18,19)12-6-7-14-13(10-12)20-15(22)21(14)9-8-11-4-2-1-3-5-11/h1-7,10H,8-9H2,(H,20,22). The second-order valence-electron chi connectivity index (χ2n) is 5.05. The Balaban J connectivity index is 1.93. The third-order valence-electron chi connectivity index (χ3n) is 3.57. The van der Waals surface area contributed by atoms with E-state index in [9.17, 15) is 18.0 Å². The molecule has 6 heteroatoms. The fourth-order valence-corrected chi connectivity index (χ4v) is 2.45. The first-order valence-corrected chi connectivity index (χ1v) is 6.79. The first kappa shape index (κ1) is 14.4. The Morgan fingerprint density at radius 1 is 1.05 bits per heavy atom. The zero-order valence-electron chi connectivity index (χ0n) is 11.5. The van der Waals surface area contributed by atoms with Crippen molar-refractivity contribution < 1.29 is 13.2 Å². The second-order valence-corrected chi connectivity index (χ2v) is 5.05. The number of aryl methyl sites for hydroxylation is 2. The number of hydrogen-bond donors (Lipinski definition) is 1. The third-order valence-corrected chi connectivity index (χ3v) is 3.57. The Labute approximate surface area is 124 Å². The van der Waals surface area contributed by atoms with E-state index < -0.39 is 17.4 Å². The molecule has 3 nitrogen and oxygen atoms in total. The molecule has 0 aliphatic rings. The monoisotopic (exact) mass is 306 g/mol. The molecule has 114 valence electrons.